The van der Waals surface area contributed by atoms with Gasteiger partial charge in [-0.2, -0.15) is 0 Å². The third-order valence-corrected chi connectivity index (χ3v) is 7.54. The lowest BCUT2D eigenvalue weighted by Crippen LogP contribution is -2.34. The standard InChI is InChI=1S/C19H27N3O4S/c20-18-7-6-14-11-22(12-17(14)18)19(23)13-3-1-5-16(9-13)27(24,25)21-10-15-4-2-8-26-15/h1,3,5,9,14-15,17-18,21H,2,4,6-8,10-12,20H2. The number of nitrogens with one attached hydrogen (secondary N) is 1. The molecule has 2 saturated heterocycles. The Kier molecular flexibility index (Phi) is 5.24. The molecule has 4 atom stereocenters. The number of likely N-dealkylation sites (tertiary alicyclic amines) is 1. The molecule has 3 N–H and O–H groups in total. The maximum Gasteiger partial charge on any atom is 0.253 e. The van der Waals surface area contributed by atoms with Crippen molar-refractivity contribution in [2.45, 2.75) is 42.7 Å². The summed E-state index contributed by atoms with van der Waals surface area (Å²) >= 11 is 0. The van der Waals surface area contributed by atoms with Gasteiger partial charge in [0.25, 0.3) is 5.91 Å². The van der Waals surface area contributed by atoms with Gasteiger partial charge in [0, 0.05) is 37.8 Å². The number of nitrogens with zero attached hydrogens (tertiary/aromatic N) is 1. The molecule has 4 unspecified atom stereocenters. The molecule has 0 aromatic heterocycles. The first-order chi connectivity index (χ1) is 12.9. The van der Waals surface area contributed by atoms with E-state index in [2.05, 4.69) is 4.72 Å². The summed E-state index contributed by atoms with van der Waals surface area (Å²) < 4.78 is 33.2. The van der Waals surface area contributed by atoms with Gasteiger partial charge in [0.15, 0.2) is 0 Å². The molecule has 27 heavy (non-hydrogen) atoms. The fraction of sp³-hybridized carbons (Fsp3) is 0.632. The van der Waals surface area contributed by atoms with Crippen LogP contribution in [0.4, 0.5) is 0 Å². The molecule has 1 aromatic carbocycles. The second-order valence-corrected chi connectivity index (χ2v) is 9.66. The molecule has 4 rings (SSSR count). The SMILES string of the molecule is NC1CCC2CN(C(=O)c3cccc(S(=O)(=O)NCC4CCCO4)c3)CC12. The second-order valence-electron chi connectivity index (χ2n) is 7.89. The van der Waals surface area contributed by atoms with Gasteiger partial charge in [-0.3, -0.25) is 4.79 Å². The van der Waals surface area contributed by atoms with Crippen molar-refractivity contribution in [2.24, 2.45) is 17.6 Å². The number of sulfonamides is 1. The van der Waals surface area contributed by atoms with Crippen molar-refractivity contribution < 1.29 is 17.9 Å². The van der Waals surface area contributed by atoms with E-state index in [9.17, 15) is 13.2 Å². The smallest absolute Gasteiger partial charge is 0.253 e. The van der Waals surface area contributed by atoms with E-state index < -0.39 is 10.0 Å². The minimum atomic E-state index is -3.67. The maximum atomic E-state index is 12.9. The Morgan fingerprint density at radius 1 is 1.26 bits per heavy atom. The third-order valence-electron chi connectivity index (χ3n) is 6.12. The quantitative estimate of drug-likeness (QED) is 0.776. The van der Waals surface area contributed by atoms with Gasteiger partial charge < -0.3 is 15.4 Å². The van der Waals surface area contributed by atoms with Crippen LogP contribution in [0, 0.1) is 11.8 Å². The second kappa shape index (κ2) is 7.50. The Morgan fingerprint density at radius 2 is 2.11 bits per heavy atom. The molecule has 8 heteroatoms. The predicted molar refractivity (Wildman–Crippen MR) is 101 cm³/mol. The highest BCUT2D eigenvalue weighted by Gasteiger charge is 2.42. The number of carbonyl (C=O) groups is 1. The first kappa shape index (κ1) is 18.9. The Balaban J connectivity index is 1.44. The summed E-state index contributed by atoms with van der Waals surface area (Å²) in [6.07, 6.45) is 3.84. The monoisotopic (exact) mass is 393 g/mol. The van der Waals surface area contributed by atoms with Crippen molar-refractivity contribution in [3.63, 3.8) is 0 Å². The fourth-order valence-corrected chi connectivity index (χ4v) is 5.66. The molecule has 148 valence electrons. The van der Waals surface area contributed by atoms with E-state index >= 15 is 0 Å². The zero-order valence-electron chi connectivity index (χ0n) is 15.3. The Morgan fingerprint density at radius 3 is 2.85 bits per heavy atom. The normalized spacial score (nSPS) is 30.6. The Hall–Kier alpha value is -1.48. The fourth-order valence-electron chi connectivity index (χ4n) is 4.54. The van der Waals surface area contributed by atoms with Gasteiger partial charge in [0.05, 0.1) is 11.0 Å². The van der Waals surface area contributed by atoms with Crippen LogP contribution < -0.4 is 10.5 Å². The molecule has 0 spiro atoms. The highest BCUT2D eigenvalue weighted by atomic mass is 32.2. The zero-order valence-corrected chi connectivity index (χ0v) is 16.2. The number of fused-ring (bicyclic) bond motifs is 1. The molecule has 2 heterocycles. The zero-order chi connectivity index (χ0) is 19.0. The molecule has 1 aromatic rings. The lowest BCUT2D eigenvalue weighted by molar-refractivity contribution is 0.0779. The van der Waals surface area contributed by atoms with E-state index in [-0.39, 0.29) is 29.5 Å². The van der Waals surface area contributed by atoms with E-state index in [4.69, 9.17) is 10.5 Å². The number of carbonyl (C=O) groups excluding carboxylic acids is 1. The third kappa shape index (κ3) is 3.89. The van der Waals surface area contributed by atoms with Crippen LogP contribution in [0.1, 0.15) is 36.0 Å². The van der Waals surface area contributed by atoms with Gasteiger partial charge in [-0.05, 0) is 55.7 Å². The topological polar surface area (TPSA) is 102 Å². The van der Waals surface area contributed by atoms with E-state index in [1.54, 1.807) is 12.1 Å². The number of benzene rings is 1. The minimum absolute atomic E-state index is 0.0715. The lowest BCUT2D eigenvalue weighted by atomic mass is 9.98. The van der Waals surface area contributed by atoms with E-state index in [0.717, 1.165) is 25.7 Å². The number of rotatable bonds is 5. The number of ether oxygens (including phenoxy) is 1. The number of nitrogens with two attached hydrogens (primary N) is 1. The summed E-state index contributed by atoms with van der Waals surface area (Å²) in [7, 11) is -3.67. The van der Waals surface area contributed by atoms with Gasteiger partial charge in [-0.1, -0.05) is 6.07 Å². The average Bonchev–Trinajstić information content (AvgIpc) is 3.39. The van der Waals surface area contributed by atoms with Crippen molar-refractivity contribution in [3.05, 3.63) is 29.8 Å². The van der Waals surface area contributed by atoms with Crippen LogP contribution >= 0.6 is 0 Å². The molecule has 3 aliphatic rings. The first-order valence-electron chi connectivity index (χ1n) is 9.70. The summed E-state index contributed by atoms with van der Waals surface area (Å²) in [5.74, 6) is 0.727. The van der Waals surface area contributed by atoms with Gasteiger partial charge in [-0.15, -0.1) is 0 Å². The minimum Gasteiger partial charge on any atom is -0.377 e. The molecule has 0 radical (unpaired) electrons. The summed E-state index contributed by atoms with van der Waals surface area (Å²) in [6, 6.07) is 6.45. The van der Waals surface area contributed by atoms with Gasteiger partial charge in [0.2, 0.25) is 10.0 Å². The summed E-state index contributed by atoms with van der Waals surface area (Å²) in [5.41, 5.74) is 6.56. The average molecular weight is 394 g/mol. The van der Waals surface area contributed by atoms with Crippen LogP contribution in [-0.4, -0.2) is 57.6 Å². The van der Waals surface area contributed by atoms with Crippen LogP contribution in [0.25, 0.3) is 0 Å². The predicted octanol–water partition coefficient (Wildman–Crippen LogP) is 0.953. The molecular formula is C19H27N3O4S. The van der Waals surface area contributed by atoms with Gasteiger partial charge in [0.1, 0.15) is 0 Å². The Bertz CT molecular complexity index is 807. The Labute approximate surface area is 160 Å². The maximum absolute atomic E-state index is 12.9. The molecule has 2 aliphatic heterocycles. The largest absolute Gasteiger partial charge is 0.377 e. The summed E-state index contributed by atoms with van der Waals surface area (Å²) in [5, 5.41) is 0. The number of hydrogen-bond acceptors (Lipinski definition) is 5. The van der Waals surface area contributed by atoms with Gasteiger partial charge >= 0.3 is 0 Å². The summed E-state index contributed by atoms with van der Waals surface area (Å²) in [4.78, 5) is 14.8. The van der Waals surface area contributed by atoms with Crippen molar-refractivity contribution in [1.82, 2.24) is 9.62 Å². The van der Waals surface area contributed by atoms with E-state index in [1.807, 2.05) is 4.90 Å². The van der Waals surface area contributed by atoms with E-state index in [0.29, 0.717) is 37.1 Å². The van der Waals surface area contributed by atoms with E-state index in [1.165, 1.54) is 12.1 Å². The van der Waals surface area contributed by atoms with Crippen molar-refractivity contribution >= 4 is 15.9 Å². The molecule has 3 fully saturated rings. The molecule has 1 aliphatic carbocycles. The van der Waals surface area contributed by atoms with Crippen molar-refractivity contribution in [1.29, 1.82) is 0 Å². The molecular weight excluding hydrogens is 366 g/mol. The molecule has 1 amide bonds. The van der Waals surface area contributed by atoms with Crippen molar-refractivity contribution in [2.75, 3.05) is 26.2 Å². The summed E-state index contributed by atoms with van der Waals surface area (Å²) in [6.45, 7) is 2.32. The van der Waals surface area contributed by atoms with Gasteiger partial charge in [-0.25, -0.2) is 13.1 Å². The molecule has 0 bridgehead atoms. The van der Waals surface area contributed by atoms with Crippen LogP contribution in [0.3, 0.4) is 0 Å². The lowest BCUT2D eigenvalue weighted by Gasteiger charge is -2.19. The number of amides is 1. The van der Waals surface area contributed by atoms with Crippen LogP contribution in [-0.2, 0) is 14.8 Å². The van der Waals surface area contributed by atoms with Crippen LogP contribution in [0.5, 0.6) is 0 Å². The molecule has 7 nitrogen and oxygen atoms in total. The van der Waals surface area contributed by atoms with Crippen molar-refractivity contribution in [3.8, 4) is 0 Å². The highest BCUT2D eigenvalue weighted by molar-refractivity contribution is 7.89. The number of hydrogen-bond donors (Lipinski definition) is 2. The van der Waals surface area contributed by atoms with Crippen LogP contribution in [0.15, 0.2) is 29.2 Å². The first-order valence-corrected chi connectivity index (χ1v) is 11.2. The molecule has 1 saturated carbocycles. The van der Waals surface area contributed by atoms with Crippen LogP contribution in [0.2, 0.25) is 0 Å². The highest BCUT2D eigenvalue weighted by Crippen LogP contribution is 2.37.